The lowest BCUT2D eigenvalue weighted by molar-refractivity contribution is -0.138. The van der Waals surface area contributed by atoms with Crippen LogP contribution < -0.4 is 11.1 Å². The fourth-order valence-electron chi connectivity index (χ4n) is 2.32. The lowest BCUT2D eigenvalue weighted by Crippen LogP contribution is -2.55. The maximum absolute atomic E-state index is 12.1. The van der Waals surface area contributed by atoms with Gasteiger partial charge in [-0.05, 0) is 18.3 Å². The van der Waals surface area contributed by atoms with E-state index in [2.05, 4.69) is 5.32 Å². The molecule has 0 aromatic heterocycles. The number of hydrogen-bond donors (Lipinski definition) is 2. The lowest BCUT2D eigenvalue weighted by Gasteiger charge is -2.31. The summed E-state index contributed by atoms with van der Waals surface area (Å²) in [7, 11) is 0. The number of carbonyl (C=O) groups excluding carboxylic acids is 2. The first-order valence-corrected chi connectivity index (χ1v) is 6.91. The van der Waals surface area contributed by atoms with Gasteiger partial charge in [0.1, 0.15) is 6.61 Å². The predicted molar refractivity (Wildman–Crippen MR) is 73.6 cm³/mol. The van der Waals surface area contributed by atoms with E-state index in [1.54, 1.807) is 0 Å². The van der Waals surface area contributed by atoms with Crippen LogP contribution in [0.1, 0.15) is 40.5 Å². The quantitative estimate of drug-likeness (QED) is 0.794. The second-order valence-corrected chi connectivity index (χ2v) is 6.51. The summed E-state index contributed by atoms with van der Waals surface area (Å²) in [4.78, 5) is 23.9. The van der Waals surface area contributed by atoms with Crippen LogP contribution in [0, 0.1) is 11.3 Å². The van der Waals surface area contributed by atoms with Gasteiger partial charge in [0.05, 0.1) is 18.7 Å². The normalized spacial score (nSPS) is 26.1. The maximum atomic E-state index is 12.1. The van der Waals surface area contributed by atoms with E-state index >= 15 is 0 Å². The summed E-state index contributed by atoms with van der Waals surface area (Å²) in [5.41, 5.74) is 5.88. The smallest absolute Gasteiger partial charge is 0.237 e. The third-order valence-electron chi connectivity index (χ3n) is 3.39. The topological polar surface area (TPSA) is 81.4 Å². The Labute approximate surface area is 115 Å². The third-order valence-corrected chi connectivity index (χ3v) is 3.39. The monoisotopic (exact) mass is 270 g/mol. The predicted octanol–water partition coefficient (Wildman–Crippen LogP) is 0.860. The Morgan fingerprint density at radius 2 is 2.16 bits per heavy atom. The molecule has 0 aromatic carbocycles. The van der Waals surface area contributed by atoms with E-state index in [0.717, 1.165) is 6.42 Å². The minimum Gasteiger partial charge on any atom is -0.373 e. The first-order valence-electron chi connectivity index (χ1n) is 6.91. The van der Waals surface area contributed by atoms with Gasteiger partial charge in [0, 0.05) is 5.92 Å². The summed E-state index contributed by atoms with van der Waals surface area (Å²) in [6.45, 7) is 8.69. The molecule has 1 heterocycles. The molecule has 3 atom stereocenters. The van der Waals surface area contributed by atoms with Crippen molar-refractivity contribution in [2.45, 2.75) is 52.6 Å². The molecule has 19 heavy (non-hydrogen) atoms. The van der Waals surface area contributed by atoms with Crippen molar-refractivity contribution >= 4 is 11.7 Å². The van der Waals surface area contributed by atoms with E-state index in [1.165, 1.54) is 0 Å². The Morgan fingerprint density at radius 1 is 1.53 bits per heavy atom. The first kappa shape index (κ1) is 16.1. The number of carbonyl (C=O) groups is 2. The average molecular weight is 270 g/mol. The molecule has 1 saturated heterocycles. The Bertz CT molecular complexity index is 336. The van der Waals surface area contributed by atoms with Gasteiger partial charge >= 0.3 is 0 Å². The molecule has 5 nitrogen and oxygen atoms in total. The second kappa shape index (κ2) is 6.48. The van der Waals surface area contributed by atoms with Gasteiger partial charge in [-0.2, -0.15) is 0 Å². The Hall–Kier alpha value is -0.940. The van der Waals surface area contributed by atoms with Crippen LogP contribution in [0.2, 0.25) is 0 Å². The van der Waals surface area contributed by atoms with Crippen molar-refractivity contribution in [2.24, 2.45) is 17.1 Å². The SMILES string of the molecule is CCC1COCC(=O)C1NC(=O)[C@@H](N)CC(C)(C)C. The molecule has 110 valence electrons. The molecule has 0 aromatic rings. The second-order valence-electron chi connectivity index (χ2n) is 6.51. The summed E-state index contributed by atoms with van der Waals surface area (Å²) in [5.74, 6) is -0.255. The maximum Gasteiger partial charge on any atom is 0.237 e. The molecule has 1 aliphatic rings. The van der Waals surface area contributed by atoms with Gasteiger partial charge in [-0.15, -0.1) is 0 Å². The average Bonchev–Trinajstić information content (AvgIpc) is 2.29. The number of nitrogens with one attached hydrogen (secondary N) is 1. The number of ether oxygens (including phenoxy) is 1. The number of amides is 1. The standard InChI is InChI=1S/C14H26N2O3/c1-5-9-7-19-8-11(17)12(9)16-13(18)10(15)6-14(2,3)4/h9-10,12H,5-8,15H2,1-4H3,(H,16,18)/t9?,10-,12?/m0/s1. The molecular formula is C14H26N2O3. The van der Waals surface area contributed by atoms with Crippen molar-refractivity contribution in [3.63, 3.8) is 0 Å². The number of ketones is 1. The van der Waals surface area contributed by atoms with Gasteiger partial charge < -0.3 is 15.8 Å². The summed E-state index contributed by atoms with van der Waals surface area (Å²) in [6, 6.07) is -1.02. The van der Waals surface area contributed by atoms with Crippen LogP contribution in [0.5, 0.6) is 0 Å². The highest BCUT2D eigenvalue weighted by Crippen LogP contribution is 2.21. The summed E-state index contributed by atoms with van der Waals surface area (Å²) < 4.78 is 5.21. The van der Waals surface area contributed by atoms with E-state index in [-0.39, 0.29) is 29.6 Å². The van der Waals surface area contributed by atoms with Crippen molar-refractivity contribution in [3.05, 3.63) is 0 Å². The molecule has 0 spiro atoms. The van der Waals surface area contributed by atoms with E-state index in [1.807, 2.05) is 27.7 Å². The number of nitrogens with two attached hydrogens (primary N) is 1. The number of hydrogen-bond acceptors (Lipinski definition) is 4. The molecule has 1 aliphatic heterocycles. The third kappa shape index (κ3) is 4.91. The Kier molecular flexibility index (Phi) is 5.50. The van der Waals surface area contributed by atoms with E-state index in [0.29, 0.717) is 13.0 Å². The van der Waals surface area contributed by atoms with Crippen LogP contribution in [0.4, 0.5) is 0 Å². The lowest BCUT2D eigenvalue weighted by atomic mass is 9.87. The number of rotatable bonds is 4. The molecule has 1 rings (SSSR count). The fraction of sp³-hybridized carbons (Fsp3) is 0.857. The highest BCUT2D eigenvalue weighted by molar-refractivity contribution is 5.92. The molecule has 1 fully saturated rings. The van der Waals surface area contributed by atoms with Gasteiger partial charge in [-0.3, -0.25) is 9.59 Å². The van der Waals surface area contributed by atoms with Crippen molar-refractivity contribution in [1.82, 2.24) is 5.32 Å². The van der Waals surface area contributed by atoms with Crippen LogP contribution in [-0.4, -0.2) is 37.0 Å². The fourth-order valence-corrected chi connectivity index (χ4v) is 2.32. The molecule has 0 aliphatic carbocycles. The summed E-state index contributed by atoms with van der Waals surface area (Å²) in [6.07, 6.45) is 1.39. The van der Waals surface area contributed by atoms with Gasteiger partial charge in [0.25, 0.3) is 0 Å². The molecule has 0 radical (unpaired) electrons. The van der Waals surface area contributed by atoms with Crippen molar-refractivity contribution < 1.29 is 14.3 Å². The minimum atomic E-state index is -0.576. The van der Waals surface area contributed by atoms with E-state index in [9.17, 15) is 9.59 Å². The van der Waals surface area contributed by atoms with Crippen LogP contribution in [0.25, 0.3) is 0 Å². The summed E-state index contributed by atoms with van der Waals surface area (Å²) >= 11 is 0. The van der Waals surface area contributed by atoms with Crippen LogP contribution in [0.3, 0.4) is 0 Å². The molecule has 5 heteroatoms. The van der Waals surface area contributed by atoms with E-state index < -0.39 is 12.1 Å². The van der Waals surface area contributed by atoms with Gasteiger partial charge in [0.2, 0.25) is 5.91 Å². The Morgan fingerprint density at radius 3 is 2.68 bits per heavy atom. The highest BCUT2D eigenvalue weighted by Gasteiger charge is 2.34. The minimum absolute atomic E-state index is 0.0133. The zero-order chi connectivity index (χ0) is 14.6. The van der Waals surface area contributed by atoms with Crippen LogP contribution in [-0.2, 0) is 14.3 Å². The molecular weight excluding hydrogens is 244 g/mol. The van der Waals surface area contributed by atoms with Crippen LogP contribution >= 0.6 is 0 Å². The Balaban J connectivity index is 2.61. The summed E-state index contributed by atoms with van der Waals surface area (Å²) in [5, 5.41) is 2.80. The van der Waals surface area contributed by atoms with E-state index in [4.69, 9.17) is 10.5 Å². The first-order chi connectivity index (χ1) is 8.74. The van der Waals surface area contributed by atoms with Gasteiger partial charge in [0.15, 0.2) is 5.78 Å². The molecule has 1 amide bonds. The zero-order valence-electron chi connectivity index (χ0n) is 12.4. The van der Waals surface area contributed by atoms with Gasteiger partial charge in [-0.25, -0.2) is 0 Å². The number of Topliss-reactive ketones (excluding diaryl/α,β-unsaturated/α-hetero) is 1. The van der Waals surface area contributed by atoms with Crippen LogP contribution in [0.15, 0.2) is 0 Å². The molecule has 0 bridgehead atoms. The van der Waals surface area contributed by atoms with Crippen molar-refractivity contribution in [2.75, 3.05) is 13.2 Å². The zero-order valence-corrected chi connectivity index (χ0v) is 12.4. The highest BCUT2D eigenvalue weighted by atomic mass is 16.5. The van der Waals surface area contributed by atoms with Crippen molar-refractivity contribution in [3.8, 4) is 0 Å². The largest absolute Gasteiger partial charge is 0.373 e. The molecule has 0 saturated carbocycles. The molecule has 2 unspecified atom stereocenters. The molecule has 3 N–H and O–H groups in total. The van der Waals surface area contributed by atoms with Gasteiger partial charge in [-0.1, -0.05) is 27.7 Å². The van der Waals surface area contributed by atoms with Crippen molar-refractivity contribution in [1.29, 1.82) is 0 Å².